The number of H-pyrrole nitrogens is 1. The van der Waals surface area contributed by atoms with Gasteiger partial charge < -0.3 is 15.2 Å². The fourth-order valence-corrected chi connectivity index (χ4v) is 5.58. The number of fused-ring (bicyclic) bond motifs is 2. The molecule has 0 spiro atoms. The van der Waals surface area contributed by atoms with Crippen LogP contribution in [0.15, 0.2) is 60.8 Å². The van der Waals surface area contributed by atoms with Crippen molar-refractivity contribution in [3.8, 4) is 0 Å². The molecule has 2 N–H and O–H groups in total. The molecule has 2 atom stereocenters. The molecular weight excluding hydrogens is 424 g/mol. The summed E-state index contributed by atoms with van der Waals surface area (Å²) in [6.07, 6.45) is 6.54. The van der Waals surface area contributed by atoms with Crippen LogP contribution in [0.1, 0.15) is 36.8 Å². The summed E-state index contributed by atoms with van der Waals surface area (Å²) in [6.45, 7) is 3.43. The van der Waals surface area contributed by atoms with Crippen molar-refractivity contribution in [2.45, 2.75) is 50.6 Å². The van der Waals surface area contributed by atoms with Crippen LogP contribution >= 0.6 is 0 Å². The first-order valence-electron chi connectivity index (χ1n) is 12.6. The van der Waals surface area contributed by atoms with Gasteiger partial charge in [0.15, 0.2) is 0 Å². The molecule has 0 bridgehead atoms. The molecule has 2 aliphatic rings. The molecule has 6 heteroatoms. The lowest BCUT2D eigenvalue weighted by molar-refractivity contribution is -0.139. The maximum Gasteiger partial charge on any atom is 0.223 e. The van der Waals surface area contributed by atoms with Crippen molar-refractivity contribution < 1.29 is 9.59 Å². The van der Waals surface area contributed by atoms with E-state index in [2.05, 4.69) is 56.5 Å². The lowest BCUT2D eigenvalue weighted by Gasteiger charge is -2.44. The molecular formula is C28H34N4O2. The zero-order valence-electron chi connectivity index (χ0n) is 19.7. The molecule has 6 nitrogen and oxygen atoms in total. The van der Waals surface area contributed by atoms with Crippen LogP contribution in [-0.4, -0.2) is 64.9 Å². The predicted molar refractivity (Wildman–Crippen MR) is 134 cm³/mol. The Kier molecular flexibility index (Phi) is 6.95. The minimum absolute atomic E-state index is 0.0488. The van der Waals surface area contributed by atoms with Gasteiger partial charge in [0.1, 0.15) is 0 Å². The van der Waals surface area contributed by atoms with Crippen LogP contribution in [0, 0.1) is 0 Å². The van der Waals surface area contributed by atoms with E-state index < -0.39 is 0 Å². The van der Waals surface area contributed by atoms with E-state index in [1.807, 2.05) is 24.4 Å². The summed E-state index contributed by atoms with van der Waals surface area (Å²) in [6, 6.07) is 19.3. The third-order valence-electron chi connectivity index (χ3n) is 7.38. The molecule has 2 aromatic carbocycles. The van der Waals surface area contributed by atoms with E-state index in [-0.39, 0.29) is 30.7 Å². The van der Waals surface area contributed by atoms with E-state index in [1.54, 1.807) is 0 Å². The highest BCUT2D eigenvalue weighted by molar-refractivity contribution is 5.85. The van der Waals surface area contributed by atoms with Crippen LogP contribution in [0.4, 0.5) is 0 Å². The SMILES string of the molecule is O=C(CCC(=O)N1C[C@@H]2CCCN2C[C@@H]1Cc1ccccc1)NCCc1c[nH]c2ccccc12. The van der Waals surface area contributed by atoms with E-state index in [1.165, 1.54) is 22.9 Å². The summed E-state index contributed by atoms with van der Waals surface area (Å²) < 4.78 is 0. The second kappa shape index (κ2) is 10.4. The van der Waals surface area contributed by atoms with Crippen LogP contribution in [0.3, 0.4) is 0 Å². The number of nitrogens with one attached hydrogen (secondary N) is 2. The molecule has 3 aromatic rings. The van der Waals surface area contributed by atoms with Gasteiger partial charge in [-0.15, -0.1) is 0 Å². The number of hydrogen-bond donors (Lipinski definition) is 2. The summed E-state index contributed by atoms with van der Waals surface area (Å²) in [5, 5.41) is 4.20. The van der Waals surface area contributed by atoms with Gasteiger partial charge in [-0.25, -0.2) is 0 Å². The van der Waals surface area contributed by atoms with Gasteiger partial charge in [0.2, 0.25) is 11.8 Å². The van der Waals surface area contributed by atoms with Crippen molar-refractivity contribution in [1.29, 1.82) is 0 Å². The van der Waals surface area contributed by atoms with Crippen LogP contribution in [-0.2, 0) is 22.4 Å². The van der Waals surface area contributed by atoms with Gasteiger partial charge >= 0.3 is 0 Å². The Morgan fingerprint density at radius 2 is 1.82 bits per heavy atom. The number of aromatic amines is 1. The van der Waals surface area contributed by atoms with E-state index in [4.69, 9.17) is 0 Å². The third-order valence-corrected chi connectivity index (χ3v) is 7.38. The number of para-hydroxylation sites is 1. The number of carbonyl (C=O) groups is 2. The average Bonchev–Trinajstić information content (AvgIpc) is 3.49. The fraction of sp³-hybridized carbons (Fsp3) is 0.429. The highest BCUT2D eigenvalue weighted by Gasteiger charge is 2.38. The van der Waals surface area contributed by atoms with Gasteiger partial charge in [-0.05, 0) is 49.4 Å². The van der Waals surface area contributed by atoms with E-state index >= 15 is 0 Å². The van der Waals surface area contributed by atoms with E-state index in [0.29, 0.717) is 12.6 Å². The Hall–Kier alpha value is -3.12. The first-order valence-corrected chi connectivity index (χ1v) is 12.6. The number of piperazine rings is 1. The average molecular weight is 459 g/mol. The molecule has 1 aromatic heterocycles. The molecule has 0 aliphatic carbocycles. The molecule has 2 saturated heterocycles. The first kappa shape index (κ1) is 22.7. The second-order valence-electron chi connectivity index (χ2n) is 9.64. The van der Waals surface area contributed by atoms with Crippen LogP contribution in [0.25, 0.3) is 10.9 Å². The molecule has 2 amide bonds. The summed E-state index contributed by atoms with van der Waals surface area (Å²) in [5.74, 6) is 0.0616. The van der Waals surface area contributed by atoms with Crippen molar-refractivity contribution in [2.24, 2.45) is 0 Å². The van der Waals surface area contributed by atoms with E-state index in [0.717, 1.165) is 44.4 Å². The minimum atomic E-state index is -0.0488. The number of hydrogen-bond acceptors (Lipinski definition) is 3. The van der Waals surface area contributed by atoms with Gasteiger partial charge in [-0.2, -0.15) is 0 Å². The monoisotopic (exact) mass is 458 g/mol. The number of carbonyl (C=O) groups excluding carboxylic acids is 2. The minimum Gasteiger partial charge on any atom is -0.361 e. The molecule has 3 heterocycles. The second-order valence-corrected chi connectivity index (χ2v) is 9.64. The van der Waals surface area contributed by atoms with Crippen molar-refractivity contribution in [2.75, 3.05) is 26.2 Å². The first-order chi connectivity index (χ1) is 16.7. The lowest BCUT2D eigenvalue weighted by Crippen LogP contribution is -2.58. The zero-order valence-corrected chi connectivity index (χ0v) is 19.7. The Balaban J connectivity index is 1.13. The molecule has 0 radical (unpaired) electrons. The molecule has 2 fully saturated rings. The fourth-order valence-electron chi connectivity index (χ4n) is 5.58. The van der Waals surface area contributed by atoms with Crippen molar-refractivity contribution in [3.63, 3.8) is 0 Å². The molecule has 5 rings (SSSR count). The molecule has 2 aliphatic heterocycles. The number of benzene rings is 2. The summed E-state index contributed by atoms with van der Waals surface area (Å²) in [7, 11) is 0. The molecule has 34 heavy (non-hydrogen) atoms. The Morgan fingerprint density at radius 1 is 1.00 bits per heavy atom. The normalized spacial score (nSPS) is 20.4. The summed E-state index contributed by atoms with van der Waals surface area (Å²) in [5.41, 5.74) is 3.57. The van der Waals surface area contributed by atoms with Gasteiger partial charge in [-0.1, -0.05) is 48.5 Å². The van der Waals surface area contributed by atoms with Gasteiger partial charge in [0, 0.05) is 61.7 Å². The largest absolute Gasteiger partial charge is 0.361 e. The van der Waals surface area contributed by atoms with Crippen molar-refractivity contribution in [1.82, 2.24) is 20.1 Å². The van der Waals surface area contributed by atoms with Crippen molar-refractivity contribution >= 4 is 22.7 Å². The quantitative estimate of drug-likeness (QED) is 0.543. The Morgan fingerprint density at radius 3 is 2.71 bits per heavy atom. The highest BCUT2D eigenvalue weighted by atomic mass is 16.2. The lowest BCUT2D eigenvalue weighted by atomic mass is 9.99. The van der Waals surface area contributed by atoms with Crippen LogP contribution in [0.2, 0.25) is 0 Å². The van der Waals surface area contributed by atoms with Crippen molar-refractivity contribution in [3.05, 3.63) is 71.9 Å². The summed E-state index contributed by atoms with van der Waals surface area (Å²) in [4.78, 5) is 33.6. The zero-order chi connectivity index (χ0) is 23.3. The topological polar surface area (TPSA) is 68.4 Å². The van der Waals surface area contributed by atoms with Gasteiger partial charge in [-0.3, -0.25) is 14.5 Å². The number of aromatic nitrogens is 1. The van der Waals surface area contributed by atoms with Gasteiger partial charge in [0.25, 0.3) is 0 Å². The maximum absolute atomic E-state index is 13.2. The standard InChI is InChI=1S/C28H34N4O2/c33-27(29-15-14-22-18-30-26-11-5-4-10-25(22)26)12-13-28(34)32-20-23-9-6-16-31(23)19-24(32)17-21-7-2-1-3-8-21/h1-5,7-8,10-11,18,23-24,30H,6,9,12-17,19-20H2,(H,29,33)/t23-,24-/m0/s1. The number of nitrogens with zero attached hydrogens (tertiary/aromatic N) is 2. The highest BCUT2D eigenvalue weighted by Crippen LogP contribution is 2.27. The number of amides is 2. The van der Waals surface area contributed by atoms with Gasteiger partial charge in [0.05, 0.1) is 0 Å². The molecule has 178 valence electrons. The predicted octanol–water partition coefficient (Wildman–Crippen LogP) is 3.52. The van der Waals surface area contributed by atoms with Crippen LogP contribution in [0.5, 0.6) is 0 Å². The van der Waals surface area contributed by atoms with Crippen LogP contribution < -0.4 is 5.32 Å². The Bertz CT molecular complexity index is 1130. The molecule has 0 unspecified atom stereocenters. The smallest absolute Gasteiger partial charge is 0.223 e. The Labute approximate surface area is 201 Å². The summed E-state index contributed by atoms with van der Waals surface area (Å²) >= 11 is 0. The third kappa shape index (κ3) is 5.17. The number of rotatable bonds is 8. The molecule has 0 saturated carbocycles. The van der Waals surface area contributed by atoms with E-state index in [9.17, 15) is 9.59 Å². The maximum atomic E-state index is 13.2.